The molecule has 0 saturated heterocycles. The summed E-state index contributed by atoms with van der Waals surface area (Å²) in [7, 11) is 0. The Bertz CT molecular complexity index is 449. The minimum Gasteiger partial charge on any atom is -0.244 e. The Morgan fingerprint density at radius 1 is 0.952 bits per heavy atom. The zero-order chi connectivity index (χ0) is 15.8. The third-order valence-corrected chi connectivity index (χ3v) is 3.35. The van der Waals surface area contributed by atoms with Gasteiger partial charge >= 0.3 is 51.4 Å². The largest absolute Gasteiger partial charge is 1.00 e. The van der Waals surface area contributed by atoms with Crippen molar-refractivity contribution in [2.24, 2.45) is 5.41 Å². The summed E-state index contributed by atoms with van der Waals surface area (Å²) in [6, 6.07) is 0. The van der Waals surface area contributed by atoms with Crippen LogP contribution in [0.25, 0.3) is 0 Å². The van der Waals surface area contributed by atoms with E-state index in [1.54, 1.807) is 0 Å². The van der Waals surface area contributed by atoms with Crippen LogP contribution in [0.5, 0.6) is 0 Å². The van der Waals surface area contributed by atoms with Gasteiger partial charge in [0.2, 0.25) is 0 Å². The molecule has 0 fully saturated rings. The molecule has 0 radical (unpaired) electrons. The molecule has 1 heteroatoms. The van der Waals surface area contributed by atoms with Gasteiger partial charge in [-0.25, -0.2) is 13.0 Å². The van der Waals surface area contributed by atoms with Gasteiger partial charge in [0.15, 0.2) is 0 Å². The van der Waals surface area contributed by atoms with Crippen molar-refractivity contribution in [2.75, 3.05) is 0 Å². The van der Waals surface area contributed by atoms with Gasteiger partial charge in [-0.2, -0.15) is 5.57 Å². The summed E-state index contributed by atoms with van der Waals surface area (Å²) in [5, 5.41) is 0. The molecular formula is C20H31K. The Morgan fingerprint density at radius 2 is 1.52 bits per heavy atom. The minimum atomic E-state index is 0. The van der Waals surface area contributed by atoms with Gasteiger partial charge in [0.1, 0.15) is 0 Å². The average molecular weight is 311 g/mol. The Morgan fingerprint density at radius 3 is 1.95 bits per heavy atom. The molecule has 0 unspecified atom stereocenters. The molecule has 0 aromatic heterocycles. The molecule has 0 N–H and O–H groups in total. The van der Waals surface area contributed by atoms with Crippen LogP contribution in [0.15, 0.2) is 58.7 Å². The van der Waals surface area contributed by atoms with E-state index in [0.717, 1.165) is 6.42 Å². The number of hydrogen-bond donors (Lipinski definition) is 0. The fourth-order valence-electron chi connectivity index (χ4n) is 1.91. The molecule has 0 saturated carbocycles. The fraction of sp³-hybridized carbons (Fsp3) is 0.450. The van der Waals surface area contributed by atoms with Gasteiger partial charge in [-0.15, -0.1) is 13.0 Å². The van der Waals surface area contributed by atoms with E-state index < -0.39 is 0 Å². The number of rotatable bonds is 5. The minimum absolute atomic E-state index is 0. The van der Waals surface area contributed by atoms with Gasteiger partial charge in [-0.05, 0) is 31.3 Å². The molecule has 0 spiro atoms. The maximum Gasteiger partial charge on any atom is 1.00 e. The topological polar surface area (TPSA) is 0 Å². The average Bonchev–Trinajstić information content (AvgIpc) is 2.36. The number of allylic oxidation sites excluding steroid dienone is 10. The van der Waals surface area contributed by atoms with Gasteiger partial charge in [0.05, 0.1) is 0 Å². The zero-order valence-electron chi connectivity index (χ0n) is 15.4. The van der Waals surface area contributed by atoms with Gasteiger partial charge in [-0.1, -0.05) is 63.1 Å². The molecule has 0 amide bonds. The Hall–Kier alpha value is 0.206. The van der Waals surface area contributed by atoms with Crippen LogP contribution in [0.3, 0.4) is 0 Å². The van der Waals surface area contributed by atoms with Gasteiger partial charge in [-0.3, -0.25) is 0 Å². The second kappa shape index (κ2) is 11.7. The van der Waals surface area contributed by atoms with E-state index >= 15 is 0 Å². The zero-order valence-corrected chi connectivity index (χ0v) is 18.5. The molecule has 0 aromatic rings. The molecule has 112 valence electrons. The third kappa shape index (κ3) is 10.5. The fourth-order valence-corrected chi connectivity index (χ4v) is 1.91. The van der Waals surface area contributed by atoms with Crippen molar-refractivity contribution in [2.45, 2.75) is 54.9 Å². The van der Waals surface area contributed by atoms with Crippen molar-refractivity contribution in [1.29, 1.82) is 0 Å². The summed E-state index contributed by atoms with van der Waals surface area (Å²) in [6.45, 7) is 19.2. The summed E-state index contributed by atoms with van der Waals surface area (Å²) in [6.07, 6.45) is 13.7. The van der Waals surface area contributed by atoms with Crippen molar-refractivity contribution in [3.63, 3.8) is 0 Å². The van der Waals surface area contributed by atoms with Crippen LogP contribution in [0.4, 0.5) is 0 Å². The molecule has 0 heterocycles. The summed E-state index contributed by atoms with van der Waals surface area (Å²) in [5.74, 6) is 0. The van der Waals surface area contributed by atoms with Crippen molar-refractivity contribution >= 4 is 0 Å². The molecule has 0 atom stereocenters. The van der Waals surface area contributed by atoms with Crippen molar-refractivity contribution < 1.29 is 51.4 Å². The molecule has 0 bridgehead atoms. The first kappa shape index (κ1) is 23.5. The predicted molar refractivity (Wildman–Crippen MR) is 93.6 cm³/mol. The summed E-state index contributed by atoms with van der Waals surface area (Å²) >= 11 is 0. The summed E-state index contributed by atoms with van der Waals surface area (Å²) in [5.41, 5.74) is 5.53. The standard InChI is InChI=1S/C20H31.K/c1-9-16(3)12-11-13-17(4)14-15-19(18(5)10-2)20(6,7)8;/h9,11-15H,1,10H2,2-8H3;/q-1;+1/b12-11+,15-14+,16-9+,17-13+,19-18-;. The maximum absolute atomic E-state index is 3.74. The van der Waals surface area contributed by atoms with E-state index in [0.29, 0.717) is 0 Å². The normalized spacial score (nSPS) is 15.4. The van der Waals surface area contributed by atoms with Gasteiger partial charge in [0, 0.05) is 0 Å². The van der Waals surface area contributed by atoms with Gasteiger partial charge in [0.25, 0.3) is 0 Å². The molecule has 0 aromatic carbocycles. The third-order valence-electron chi connectivity index (χ3n) is 3.35. The first-order valence-corrected chi connectivity index (χ1v) is 7.41. The van der Waals surface area contributed by atoms with Crippen molar-refractivity contribution in [1.82, 2.24) is 0 Å². The quantitative estimate of drug-likeness (QED) is 0.413. The molecule has 0 aliphatic rings. The van der Waals surface area contributed by atoms with Crippen molar-refractivity contribution in [3.8, 4) is 0 Å². The van der Waals surface area contributed by atoms with Crippen LogP contribution in [0.2, 0.25) is 0 Å². The number of hydrogen-bond acceptors (Lipinski definition) is 0. The molecule has 0 aliphatic heterocycles. The van der Waals surface area contributed by atoms with E-state index in [2.05, 4.69) is 78.8 Å². The van der Waals surface area contributed by atoms with Crippen LogP contribution in [-0.2, 0) is 0 Å². The van der Waals surface area contributed by atoms with Crippen LogP contribution < -0.4 is 51.4 Å². The SMILES string of the molecule is [CH2-]/C=C(C)/C=C/C=C(C)/C=C/C(=C(\C)CC)C(C)(C)C.[K+]. The second-order valence-electron chi connectivity index (χ2n) is 6.35. The molecule has 0 aliphatic carbocycles. The van der Waals surface area contributed by atoms with Crippen molar-refractivity contribution in [3.05, 3.63) is 65.7 Å². The van der Waals surface area contributed by atoms with E-state index in [-0.39, 0.29) is 56.8 Å². The van der Waals surface area contributed by atoms with Crippen LogP contribution in [-0.4, -0.2) is 0 Å². The smallest absolute Gasteiger partial charge is 0.244 e. The summed E-state index contributed by atoms with van der Waals surface area (Å²) < 4.78 is 0. The van der Waals surface area contributed by atoms with E-state index in [1.807, 2.05) is 13.0 Å². The molecule has 0 nitrogen and oxygen atoms in total. The van der Waals surface area contributed by atoms with Crippen LogP contribution in [0.1, 0.15) is 54.9 Å². The first-order chi connectivity index (χ1) is 9.22. The second-order valence-corrected chi connectivity index (χ2v) is 6.35. The molecular weight excluding hydrogens is 279 g/mol. The first-order valence-electron chi connectivity index (χ1n) is 7.41. The molecule has 0 rings (SSSR count). The van der Waals surface area contributed by atoms with E-state index in [1.165, 1.54) is 22.3 Å². The summed E-state index contributed by atoms with van der Waals surface area (Å²) in [4.78, 5) is 0. The van der Waals surface area contributed by atoms with E-state index in [4.69, 9.17) is 0 Å². The van der Waals surface area contributed by atoms with Crippen LogP contribution in [0, 0.1) is 12.3 Å². The Balaban J connectivity index is 0. The maximum atomic E-state index is 3.74. The van der Waals surface area contributed by atoms with E-state index in [9.17, 15) is 0 Å². The Kier molecular flexibility index (Phi) is 13.1. The molecule has 21 heavy (non-hydrogen) atoms. The predicted octanol–water partition coefficient (Wildman–Crippen LogP) is 3.60. The Labute approximate surface area is 175 Å². The van der Waals surface area contributed by atoms with Crippen LogP contribution >= 0.6 is 0 Å². The monoisotopic (exact) mass is 310 g/mol. The van der Waals surface area contributed by atoms with Gasteiger partial charge < -0.3 is 0 Å².